The molecular weight excluding hydrogens is 442 g/mol. The van der Waals surface area contributed by atoms with Crippen molar-refractivity contribution in [3.05, 3.63) is 50.9 Å². The molecule has 8 heteroatoms. The minimum absolute atomic E-state index is 0.0115. The zero-order valence-electron chi connectivity index (χ0n) is 12.7. The molecule has 0 bridgehead atoms. The number of carbonyl (C=O) groups excluding carboxylic acids is 1. The molecule has 24 heavy (non-hydrogen) atoms. The maximum absolute atomic E-state index is 11.7. The van der Waals surface area contributed by atoms with Gasteiger partial charge in [0.05, 0.1) is 24.3 Å². The van der Waals surface area contributed by atoms with Crippen molar-refractivity contribution >= 4 is 49.7 Å². The number of hydrogen-bond donors (Lipinski definition) is 3. The molecule has 0 saturated heterocycles. The Morgan fingerprint density at radius 1 is 1.29 bits per heavy atom. The van der Waals surface area contributed by atoms with Gasteiger partial charge >= 0.3 is 0 Å². The number of halogens is 2. The largest absolute Gasteiger partial charge is 0.503 e. The lowest BCUT2D eigenvalue weighted by Crippen LogP contribution is -2.25. The summed E-state index contributed by atoms with van der Waals surface area (Å²) in [5.41, 5.74) is 3.93. The third-order valence-corrected chi connectivity index (χ3v) is 4.10. The molecule has 0 aliphatic carbocycles. The van der Waals surface area contributed by atoms with E-state index in [0.29, 0.717) is 15.8 Å². The number of hydrazone groups is 1. The van der Waals surface area contributed by atoms with Gasteiger partial charge in [-0.05, 0) is 57.9 Å². The summed E-state index contributed by atoms with van der Waals surface area (Å²) < 4.78 is 6.50. The van der Waals surface area contributed by atoms with Gasteiger partial charge in [0.2, 0.25) is 0 Å². The highest BCUT2D eigenvalue weighted by Gasteiger charge is 2.07. The summed E-state index contributed by atoms with van der Waals surface area (Å²) >= 11 is 6.57. The van der Waals surface area contributed by atoms with Gasteiger partial charge in [-0.3, -0.25) is 4.79 Å². The van der Waals surface area contributed by atoms with E-state index in [9.17, 15) is 9.90 Å². The first-order valence-electron chi connectivity index (χ1n) is 6.87. The van der Waals surface area contributed by atoms with Crippen LogP contribution in [0.25, 0.3) is 0 Å². The molecule has 0 radical (unpaired) electrons. The summed E-state index contributed by atoms with van der Waals surface area (Å²) in [5.74, 6) is 0.0467. The van der Waals surface area contributed by atoms with E-state index >= 15 is 0 Å². The SMILES string of the molecule is COc1cc(/C=N\NC(=O)CNc2ccc(Br)cc2)cc(Br)c1O. The number of carbonyl (C=O) groups is 1. The Morgan fingerprint density at radius 2 is 2.00 bits per heavy atom. The van der Waals surface area contributed by atoms with Gasteiger partial charge in [0, 0.05) is 10.2 Å². The number of phenolic OH excluding ortho intramolecular Hbond substituents is 1. The molecule has 0 heterocycles. The molecule has 3 N–H and O–H groups in total. The molecule has 2 aromatic rings. The van der Waals surface area contributed by atoms with Crippen LogP contribution in [0.3, 0.4) is 0 Å². The second kappa shape index (κ2) is 8.70. The van der Waals surface area contributed by atoms with E-state index in [0.717, 1.165) is 10.2 Å². The highest BCUT2D eigenvalue weighted by Crippen LogP contribution is 2.34. The van der Waals surface area contributed by atoms with E-state index in [1.807, 2.05) is 24.3 Å². The van der Waals surface area contributed by atoms with Crippen molar-refractivity contribution in [2.24, 2.45) is 5.10 Å². The minimum atomic E-state index is -0.279. The van der Waals surface area contributed by atoms with E-state index in [4.69, 9.17) is 4.74 Å². The third-order valence-electron chi connectivity index (χ3n) is 2.97. The van der Waals surface area contributed by atoms with Crippen LogP contribution in [0.5, 0.6) is 11.5 Å². The summed E-state index contributed by atoms with van der Waals surface area (Å²) in [6, 6.07) is 10.8. The number of anilines is 1. The summed E-state index contributed by atoms with van der Waals surface area (Å²) in [6.45, 7) is 0.0988. The van der Waals surface area contributed by atoms with Crippen molar-refractivity contribution in [3.8, 4) is 11.5 Å². The average Bonchev–Trinajstić information content (AvgIpc) is 2.57. The van der Waals surface area contributed by atoms with E-state index in [1.165, 1.54) is 13.3 Å². The molecule has 0 unspecified atom stereocenters. The number of benzene rings is 2. The molecule has 1 amide bonds. The van der Waals surface area contributed by atoms with Crippen LogP contribution >= 0.6 is 31.9 Å². The average molecular weight is 457 g/mol. The Bertz CT molecular complexity index is 749. The summed E-state index contributed by atoms with van der Waals surface area (Å²) in [7, 11) is 1.46. The molecule has 0 spiro atoms. The molecule has 126 valence electrons. The maximum Gasteiger partial charge on any atom is 0.259 e. The molecule has 0 saturated carbocycles. The van der Waals surface area contributed by atoms with Crippen molar-refractivity contribution in [2.45, 2.75) is 0 Å². The van der Waals surface area contributed by atoms with Crippen LogP contribution in [0.2, 0.25) is 0 Å². The maximum atomic E-state index is 11.7. The van der Waals surface area contributed by atoms with Crippen molar-refractivity contribution in [1.29, 1.82) is 0 Å². The van der Waals surface area contributed by atoms with Gasteiger partial charge in [-0.25, -0.2) is 5.43 Å². The summed E-state index contributed by atoms with van der Waals surface area (Å²) in [4.78, 5) is 11.7. The second-order valence-corrected chi connectivity index (χ2v) is 6.48. The number of nitrogens with zero attached hydrogens (tertiary/aromatic N) is 1. The van der Waals surface area contributed by atoms with Crippen molar-refractivity contribution in [1.82, 2.24) is 5.43 Å². The van der Waals surface area contributed by atoms with Gasteiger partial charge in [0.25, 0.3) is 5.91 Å². The Hall–Kier alpha value is -2.06. The number of nitrogens with one attached hydrogen (secondary N) is 2. The Kier molecular flexibility index (Phi) is 6.62. The molecule has 0 aromatic heterocycles. The number of amides is 1. The number of aromatic hydroxyl groups is 1. The quantitative estimate of drug-likeness (QED) is 0.459. The van der Waals surface area contributed by atoms with Crippen LogP contribution in [-0.2, 0) is 4.79 Å². The summed E-state index contributed by atoms with van der Waals surface area (Å²) in [5, 5.41) is 16.6. The van der Waals surface area contributed by atoms with E-state index < -0.39 is 0 Å². The molecule has 0 atom stereocenters. The fourth-order valence-electron chi connectivity index (χ4n) is 1.79. The molecule has 0 fully saturated rings. The van der Waals surface area contributed by atoms with Gasteiger partial charge in [-0.1, -0.05) is 15.9 Å². The number of methoxy groups -OCH3 is 1. The highest BCUT2D eigenvalue weighted by atomic mass is 79.9. The molecular formula is C16H15Br2N3O3. The molecule has 0 aliphatic heterocycles. The first-order chi connectivity index (χ1) is 11.5. The lowest BCUT2D eigenvalue weighted by Gasteiger charge is -2.07. The Balaban J connectivity index is 1.88. The molecule has 0 aliphatic rings. The van der Waals surface area contributed by atoms with Gasteiger partial charge in [-0.15, -0.1) is 0 Å². The molecule has 2 rings (SSSR count). The van der Waals surface area contributed by atoms with Gasteiger partial charge in [0.15, 0.2) is 11.5 Å². The molecule has 2 aromatic carbocycles. The van der Waals surface area contributed by atoms with Crippen LogP contribution in [0, 0.1) is 0 Å². The normalized spacial score (nSPS) is 10.6. The Morgan fingerprint density at radius 3 is 2.67 bits per heavy atom. The number of ether oxygens (including phenoxy) is 1. The number of hydrogen-bond acceptors (Lipinski definition) is 5. The number of rotatable bonds is 6. The smallest absolute Gasteiger partial charge is 0.259 e. The van der Waals surface area contributed by atoms with Gasteiger partial charge in [-0.2, -0.15) is 5.10 Å². The van der Waals surface area contributed by atoms with E-state index in [2.05, 4.69) is 47.7 Å². The zero-order chi connectivity index (χ0) is 17.5. The standard InChI is InChI=1S/C16H15Br2N3O3/c1-24-14-7-10(6-13(18)16(14)23)8-20-21-15(22)9-19-12-4-2-11(17)3-5-12/h2-8,19,23H,9H2,1H3,(H,21,22)/b20-8-. The van der Waals surface area contributed by atoms with Crippen molar-refractivity contribution in [3.63, 3.8) is 0 Å². The predicted molar refractivity (Wildman–Crippen MR) is 101 cm³/mol. The van der Waals surface area contributed by atoms with Crippen LogP contribution in [0.1, 0.15) is 5.56 Å². The Labute approximate surface area is 156 Å². The van der Waals surface area contributed by atoms with Crippen LogP contribution in [0.15, 0.2) is 50.4 Å². The highest BCUT2D eigenvalue weighted by molar-refractivity contribution is 9.10. The van der Waals surface area contributed by atoms with E-state index in [1.54, 1.807) is 12.1 Å². The van der Waals surface area contributed by atoms with Gasteiger partial charge in [0.1, 0.15) is 0 Å². The van der Waals surface area contributed by atoms with Crippen LogP contribution in [0.4, 0.5) is 5.69 Å². The van der Waals surface area contributed by atoms with Crippen molar-refractivity contribution < 1.29 is 14.6 Å². The lowest BCUT2D eigenvalue weighted by molar-refractivity contribution is -0.119. The zero-order valence-corrected chi connectivity index (χ0v) is 15.9. The second-order valence-electron chi connectivity index (χ2n) is 4.71. The fraction of sp³-hybridized carbons (Fsp3) is 0.125. The monoisotopic (exact) mass is 455 g/mol. The topological polar surface area (TPSA) is 83.0 Å². The molecule has 6 nitrogen and oxygen atoms in total. The van der Waals surface area contributed by atoms with E-state index in [-0.39, 0.29) is 18.2 Å². The number of phenols is 1. The van der Waals surface area contributed by atoms with Crippen LogP contribution < -0.4 is 15.5 Å². The first kappa shape index (κ1) is 18.3. The van der Waals surface area contributed by atoms with Gasteiger partial charge < -0.3 is 15.2 Å². The summed E-state index contributed by atoms with van der Waals surface area (Å²) in [6.07, 6.45) is 1.46. The minimum Gasteiger partial charge on any atom is -0.503 e. The fourth-order valence-corrected chi connectivity index (χ4v) is 2.52. The predicted octanol–water partition coefficient (Wildman–Crippen LogP) is 3.49. The third kappa shape index (κ3) is 5.24. The van der Waals surface area contributed by atoms with Crippen molar-refractivity contribution in [2.75, 3.05) is 19.0 Å². The lowest BCUT2D eigenvalue weighted by atomic mass is 10.2. The first-order valence-corrected chi connectivity index (χ1v) is 8.46. The van der Waals surface area contributed by atoms with Crippen LogP contribution in [-0.4, -0.2) is 30.9 Å².